The van der Waals surface area contributed by atoms with Crippen LogP contribution in [0.25, 0.3) is 0 Å². The van der Waals surface area contributed by atoms with Gasteiger partial charge >= 0.3 is 0 Å². The zero-order valence-corrected chi connectivity index (χ0v) is 14.5. The topological polar surface area (TPSA) is 47.6 Å². The zero-order chi connectivity index (χ0) is 17.2. The maximum Gasteiger partial charge on any atom is 0.241 e. The summed E-state index contributed by atoms with van der Waals surface area (Å²) >= 11 is 0. The molecule has 6 heteroatoms. The molecule has 0 radical (unpaired) electrons. The highest BCUT2D eigenvalue weighted by molar-refractivity contribution is 5.80. The quantitative estimate of drug-likeness (QED) is 0.841. The number of hydrogen-bond donors (Lipinski definition) is 1. The summed E-state index contributed by atoms with van der Waals surface area (Å²) in [5, 5.41) is 2.98. The van der Waals surface area contributed by atoms with Crippen molar-refractivity contribution >= 4 is 5.91 Å². The number of hydrogen-bond acceptors (Lipinski definition) is 3. The second-order valence-electron chi connectivity index (χ2n) is 7.21. The van der Waals surface area contributed by atoms with Crippen LogP contribution in [0.1, 0.15) is 46.5 Å². The first kappa shape index (κ1) is 18.6. The Kier molecular flexibility index (Phi) is 6.00. The van der Waals surface area contributed by atoms with E-state index in [1.54, 1.807) is 7.11 Å². The maximum atomic E-state index is 12.8. The Balaban J connectivity index is 1.90. The van der Waals surface area contributed by atoms with Crippen molar-refractivity contribution in [3.8, 4) is 0 Å². The lowest BCUT2D eigenvalue weighted by atomic mass is 9.78. The monoisotopic (exact) mass is 333 g/mol. The van der Waals surface area contributed by atoms with Crippen molar-refractivity contribution in [2.75, 3.05) is 13.7 Å². The van der Waals surface area contributed by atoms with Gasteiger partial charge in [-0.1, -0.05) is 6.92 Å². The van der Waals surface area contributed by atoms with Crippen LogP contribution in [0.4, 0.5) is 8.78 Å². The number of alkyl halides is 2. The van der Waals surface area contributed by atoms with Crippen LogP contribution >= 0.6 is 0 Å². The molecule has 1 amide bonds. The molecule has 2 fully saturated rings. The number of carbonyl (C=O) groups is 1. The summed E-state index contributed by atoms with van der Waals surface area (Å²) in [7, 11) is 1.60. The van der Waals surface area contributed by atoms with Crippen LogP contribution in [0.5, 0.6) is 0 Å². The third-order valence-corrected chi connectivity index (χ3v) is 5.86. The molecule has 1 saturated carbocycles. The van der Waals surface area contributed by atoms with Gasteiger partial charge in [0.25, 0.3) is 0 Å². The molecule has 1 aliphatic heterocycles. The first-order chi connectivity index (χ1) is 10.8. The van der Waals surface area contributed by atoms with E-state index >= 15 is 0 Å². The highest BCUT2D eigenvalue weighted by Gasteiger charge is 2.43. The summed E-state index contributed by atoms with van der Waals surface area (Å²) in [4.78, 5) is 12.5. The van der Waals surface area contributed by atoms with Gasteiger partial charge in [-0.25, -0.2) is 8.78 Å². The predicted molar refractivity (Wildman–Crippen MR) is 83.4 cm³/mol. The van der Waals surface area contributed by atoms with Crippen LogP contribution in [0.15, 0.2) is 0 Å². The highest BCUT2D eigenvalue weighted by atomic mass is 19.3. The van der Waals surface area contributed by atoms with Gasteiger partial charge in [0.05, 0.1) is 23.7 Å². The van der Waals surface area contributed by atoms with E-state index in [0.29, 0.717) is 32.2 Å². The van der Waals surface area contributed by atoms with Gasteiger partial charge in [-0.05, 0) is 45.4 Å². The average Bonchev–Trinajstić information content (AvgIpc) is 2.78. The summed E-state index contributed by atoms with van der Waals surface area (Å²) < 4.78 is 36.9. The van der Waals surface area contributed by atoms with E-state index in [0.717, 1.165) is 0 Å². The number of methoxy groups -OCH3 is 1. The number of carbonyl (C=O) groups excluding carboxylic acids is 1. The molecule has 0 aromatic heterocycles. The van der Waals surface area contributed by atoms with Crippen molar-refractivity contribution in [3.63, 3.8) is 0 Å². The minimum atomic E-state index is -2.27. The van der Waals surface area contributed by atoms with E-state index in [1.807, 2.05) is 20.8 Å². The first-order valence-electron chi connectivity index (χ1n) is 8.56. The second-order valence-corrected chi connectivity index (χ2v) is 7.21. The van der Waals surface area contributed by atoms with Crippen LogP contribution in [0.2, 0.25) is 0 Å². The molecule has 0 bridgehead atoms. The van der Waals surface area contributed by atoms with Crippen LogP contribution < -0.4 is 5.32 Å². The molecule has 1 N–H and O–H groups in total. The van der Waals surface area contributed by atoms with Gasteiger partial charge < -0.3 is 14.8 Å². The van der Waals surface area contributed by atoms with Gasteiger partial charge in [0.2, 0.25) is 12.3 Å². The minimum absolute atomic E-state index is 0.0261. The Morgan fingerprint density at radius 3 is 2.30 bits per heavy atom. The molecule has 4 nitrogen and oxygen atoms in total. The van der Waals surface area contributed by atoms with Gasteiger partial charge in [-0.15, -0.1) is 0 Å². The summed E-state index contributed by atoms with van der Waals surface area (Å²) in [6.45, 7) is 6.31. The molecular weight excluding hydrogens is 304 g/mol. The molecular formula is C17H29F2NO3. The van der Waals surface area contributed by atoms with E-state index < -0.39 is 17.9 Å². The Bertz CT molecular complexity index is 411. The molecule has 2 rings (SSSR count). The lowest BCUT2D eigenvalue weighted by Gasteiger charge is -2.39. The van der Waals surface area contributed by atoms with Crippen LogP contribution in [0, 0.1) is 17.8 Å². The van der Waals surface area contributed by atoms with Crippen molar-refractivity contribution in [1.29, 1.82) is 0 Å². The van der Waals surface area contributed by atoms with Crippen molar-refractivity contribution in [1.82, 2.24) is 5.32 Å². The smallest absolute Gasteiger partial charge is 0.241 e. The van der Waals surface area contributed by atoms with Crippen molar-refractivity contribution in [2.24, 2.45) is 17.8 Å². The molecule has 134 valence electrons. The van der Waals surface area contributed by atoms with E-state index in [9.17, 15) is 13.6 Å². The lowest BCUT2D eigenvalue weighted by molar-refractivity contribution is -0.130. The molecule has 1 saturated heterocycles. The molecule has 0 aromatic carbocycles. The number of nitrogens with one attached hydrogen (secondary N) is 1. The zero-order valence-electron chi connectivity index (χ0n) is 14.5. The standard InChI is InChI=1S/C17H29F2NO3/c1-10-11(2)23-12(3)14(10)16(21)20-9-17(22-4)7-5-13(6-8-17)15(18)19/h10-15H,5-9H2,1-4H3,(H,20,21). The maximum absolute atomic E-state index is 12.8. The van der Waals surface area contributed by atoms with Gasteiger partial charge in [-0.2, -0.15) is 0 Å². The molecule has 4 unspecified atom stereocenters. The predicted octanol–water partition coefficient (Wildman–Crippen LogP) is 3.00. The van der Waals surface area contributed by atoms with Gasteiger partial charge in [0.1, 0.15) is 0 Å². The van der Waals surface area contributed by atoms with Crippen molar-refractivity contribution < 1.29 is 23.0 Å². The van der Waals surface area contributed by atoms with Crippen LogP contribution in [0.3, 0.4) is 0 Å². The Hall–Kier alpha value is -0.750. The minimum Gasteiger partial charge on any atom is -0.376 e. The van der Waals surface area contributed by atoms with E-state index in [-0.39, 0.29) is 30.0 Å². The third kappa shape index (κ3) is 4.02. The Labute approximate surface area is 137 Å². The lowest BCUT2D eigenvalue weighted by Crippen LogP contribution is -2.49. The van der Waals surface area contributed by atoms with Gasteiger partial charge in [-0.3, -0.25) is 4.79 Å². The van der Waals surface area contributed by atoms with Crippen molar-refractivity contribution in [3.05, 3.63) is 0 Å². The fourth-order valence-corrected chi connectivity index (χ4v) is 3.96. The molecule has 1 aliphatic carbocycles. The van der Waals surface area contributed by atoms with E-state index in [4.69, 9.17) is 9.47 Å². The second kappa shape index (κ2) is 7.43. The number of amides is 1. The van der Waals surface area contributed by atoms with Gasteiger partial charge in [0, 0.05) is 19.6 Å². The molecule has 1 heterocycles. The fraction of sp³-hybridized carbons (Fsp3) is 0.941. The molecule has 23 heavy (non-hydrogen) atoms. The number of halogens is 2. The largest absolute Gasteiger partial charge is 0.376 e. The first-order valence-corrected chi connectivity index (χ1v) is 8.56. The summed E-state index contributed by atoms with van der Waals surface area (Å²) in [5.41, 5.74) is -0.515. The summed E-state index contributed by atoms with van der Waals surface area (Å²) in [5.74, 6) is -0.575. The summed E-state index contributed by atoms with van der Waals surface area (Å²) in [6, 6.07) is 0. The van der Waals surface area contributed by atoms with Crippen LogP contribution in [-0.4, -0.2) is 43.8 Å². The highest BCUT2D eigenvalue weighted by Crippen LogP contribution is 2.37. The third-order valence-electron chi connectivity index (χ3n) is 5.86. The molecule has 2 aliphatic rings. The number of ether oxygens (including phenoxy) is 2. The van der Waals surface area contributed by atoms with E-state index in [1.165, 1.54) is 0 Å². The average molecular weight is 333 g/mol. The molecule has 0 aromatic rings. The molecule has 4 atom stereocenters. The fourth-order valence-electron chi connectivity index (χ4n) is 3.96. The van der Waals surface area contributed by atoms with Crippen LogP contribution in [-0.2, 0) is 14.3 Å². The number of rotatable bonds is 5. The normalized spacial score (nSPS) is 41.3. The van der Waals surface area contributed by atoms with Gasteiger partial charge in [0.15, 0.2) is 0 Å². The SMILES string of the molecule is COC1(CNC(=O)C2C(C)OC(C)C2C)CCC(C(F)F)CC1. The van der Waals surface area contributed by atoms with Crippen molar-refractivity contribution in [2.45, 2.75) is 70.7 Å². The van der Waals surface area contributed by atoms with E-state index in [2.05, 4.69) is 5.32 Å². The Morgan fingerprint density at radius 1 is 1.26 bits per heavy atom. The molecule has 0 spiro atoms. The summed E-state index contributed by atoms with van der Waals surface area (Å²) in [6.07, 6.45) is -0.303. The Morgan fingerprint density at radius 2 is 1.87 bits per heavy atom.